The maximum absolute atomic E-state index is 14.2. The number of amides is 2. The van der Waals surface area contributed by atoms with Crippen LogP contribution in [-0.2, 0) is 17.8 Å². The van der Waals surface area contributed by atoms with Gasteiger partial charge in [-0.25, -0.2) is 4.39 Å². The summed E-state index contributed by atoms with van der Waals surface area (Å²) < 4.78 is 25.9. The summed E-state index contributed by atoms with van der Waals surface area (Å²) in [5.41, 5.74) is 2.75. The standard InChI is InChI=1S/C29H33FN2O4/c1-18(2)28(33)32-14-13-20-9-10-23(16-25(20)27(32)21-7-6-8-22(30)15-21)35-17-24-11-12-26(36-24)29(34)31(5)19(3)4/h6-12,15-16,18-19,27H,13-14,17H2,1-5H3. The van der Waals surface area contributed by atoms with Crippen LogP contribution in [0, 0.1) is 11.7 Å². The van der Waals surface area contributed by atoms with Gasteiger partial charge in [0.05, 0.1) is 6.04 Å². The Bertz CT molecular complexity index is 1250. The molecule has 7 heteroatoms. The van der Waals surface area contributed by atoms with Crippen molar-refractivity contribution in [2.45, 2.75) is 52.8 Å². The first kappa shape index (κ1) is 25.5. The van der Waals surface area contributed by atoms with E-state index in [4.69, 9.17) is 9.15 Å². The van der Waals surface area contributed by atoms with Crippen molar-refractivity contribution in [3.8, 4) is 5.75 Å². The Hall–Kier alpha value is -3.61. The third kappa shape index (κ3) is 5.30. The van der Waals surface area contributed by atoms with Crippen LogP contribution in [0.1, 0.15) is 66.7 Å². The molecule has 2 aromatic carbocycles. The summed E-state index contributed by atoms with van der Waals surface area (Å²) >= 11 is 0. The number of nitrogens with zero attached hydrogens (tertiary/aromatic N) is 2. The molecule has 1 aromatic heterocycles. The van der Waals surface area contributed by atoms with E-state index >= 15 is 0 Å². The zero-order valence-electron chi connectivity index (χ0n) is 21.5. The lowest BCUT2D eigenvalue weighted by atomic mass is 9.87. The molecule has 1 atom stereocenters. The van der Waals surface area contributed by atoms with Gasteiger partial charge in [0.15, 0.2) is 5.76 Å². The van der Waals surface area contributed by atoms with Gasteiger partial charge in [-0.05, 0) is 73.4 Å². The molecule has 0 radical (unpaired) electrons. The highest BCUT2D eigenvalue weighted by atomic mass is 19.1. The molecule has 36 heavy (non-hydrogen) atoms. The Kier molecular flexibility index (Phi) is 7.48. The van der Waals surface area contributed by atoms with Gasteiger partial charge in [0.25, 0.3) is 5.91 Å². The second kappa shape index (κ2) is 10.6. The zero-order chi connectivity index (χ0) is 26.0. The van der Waals surface area contributed by atoms with Gasteiger partial charge in [0.2, 0.25) is 5.91 Å². The Labute approximate surface area is 211 Å². The minimum atomic E-state index is -0.401. The largest absolute Gasteiger partial charge is 0.486 e. The summed E-state index contributed by atoms with van der Waals surface area (Å²) in [5, 5.41) is 0. The molecule has 2 amide bonds. The van der Waals surface area contributed by atoms with E-state index < -0.39 is 6.04 Å². The van der Waals surface area contributed by atoms with E-state index in [0.29, 0.717) is 24.5 Å². The van der Waals surface area contributed by atoms with Crippen LogP contribution in [-0.4, -0.2) is 41.2 Å². The summed E-state index contributed by atoms with van der Waals surface area (Å²) in [6.07, 6.45) is 0.715. The second-order valence-electron chi connectivity index (χ2n) is 9.82. The summed E-state index contributed by atoms with van der Waals surface area (Å²) in [6.45, 7) is 8.35. The van der Waals surface area contributed by atoms with E-state index in [1.165, 1.54) is 12.1 Å². The number of carbonyl (C=O) groups is 2. The van der Waals surface area contributed by atoms with Crippen molar-refractivity contribution in [3.05, 3.63) is 88.6 Å². The monoisotopic (exact) mass is 492 g/mol. The first-order valence-corrected chi connectivity index (χ1v) is 12.3. The number of hydrogen-bond donors (Lipinski definition) is 0. The zero-order valence-corrected chi connectivity index (χ0v) is 21.5. The van der Waals surface area contributed by atoms with Crippen molar-refractivity contribution in [1.29, 1.82) is 0 Å². The van der Waals surface area contributed by atoms with Crippen LogP contribution in [0.15, 0.2) is 59.0 Å². The smallest absolute Gasteiger partial charge is 0.289 e. The maximum atomic E-state index is 14.2. The van der Waals surface area contributed by atoms with E-state index in [-0.39, 0.29) is 42.0 Å². The predicted octanol–water partition coefficient (Wildman–Crippen LogP) is 5.61. The molecule has 0 bridgehead atoms. The van der Waals surface area contributed by atoms with E-state index in [1.54, 1.807) is 30.1 Å². The van der Waals surface area contributed by atoms with Crippen LogP contribution in [0.2, 0.25) is 0 Å². The number of carbonyl (C=O) groups excluding carboxylic acids is 2. The lowest BCUT2D eigenvalue weighted by Crippen LogP contribution is -2.42. The Morgan fingerprint density at radius 2 is 1.89 bits per heavy atom. The normalized spacial score (nSPS) is 15.2. The minimum absolute atomic E-state index is 0.0281. The molecular weight excluding hydrogens is 459 g/mol. The highest BCUT2D eigenvalue weighted by molar-refractivity contribution is 5.91. The highest BCUT2D eigenvalue weighted by Gasteiger charge is 2.33. The minimum Gasteiger partial charge on any atom is -0.486 e. The van der Waals surface area contributed by atoms with Crippen LogP contribution in [0.4, 0.5) is 4.39 Å². The molecule has 6 nitrogen and oxygen atoms in total. The third-order valence-electron chi connectivity index (χ3n) is 6.64. The van der Waals surface area contributed by atoms with Gasteiger partial charge in [-0.15, -0.1) is 0 Å². The number of hydrogen-bond acceptors (Lipinski definition) is 4. The summed E-state index contributed by atoms with van der Waals surface area (Å²) in [6, 6.07) is 15.3. The molecule has 0 fully saturated rings. The van der Waals surface area contributed by atoms with Gasteiger partial charge in [-0.1, -0.05) is 32.0 Å². The first-order chi connectivity index (χ1) is 17.2. The second-order valence-corrected chi connectivity index (χ2v) is 9.82. The van der Waals surface area contributed by atoms with Gasteiger partial charge in [0, 0.05) is 25.6 Å². The number of furan rings is 1. The Morgan fingerprint density at radius 1 is 1.11 bits per heavy atom. The van der Waals surface area contributed by atoms with Gasteiger partial charge in [0.1, 0.15) is 23.9 Å². The first-order valence-electron chi connectivity index (χ1n) is 12.3. The van der Waals surface area contributed by atoms with Crippen LogP contribution in [0.5, 0.6) is 5.75 Å². The topological polar surface area (TPSA) is 63.0 Å². The molecule has 0 N–H and O–H groups in total. The molecule has 1 aliphatic heterocycles. The maximum Gasteiger partial charge on any atom is 0.289 e. The summed E-state index contributed by atoms with van der Waals surface area (Å²) in [7, 11) is 1.74. The lowest BCUT2D eigenvalue weighted by molar-refractivity contribution is -0.136. The fraction of sp³-hybridized carbons (Fsp3) is 0.379. The molecule has 0 aliphatic carbocycles. The fourth-order valence-corrected chi connectivity index (χ4v) is 4.42. The molecule has 4 rings (SSSR count). The molecule has 1 unspecified atom stereocenters. The van der Waals surface area contributed by atoms with Gasteiger partial charge < -0.3 is 19.0 Å². The van der Waals surface area contributed by atoms with Crippen LogP contribution >= 0.6 is 0 Å². The quantitative estimate of drug-likeness (QED) is 0.430. The third-order valence-corrected chi connectivity index (χ3v) is 6.64. The number of rotatable bonds is 7. The van der Waals surface area contributed by atoms with Gasteiger partial charge >= 0.3 is 0 Å². The average Bonchev–Trinajstić information content (AvgIpc) is 3.34. The number of benzene rings is 2. The summed E-state index contributed by atoms with van der Waals surface area (Å²) in [5.74, 6) is 0.745. The van der Waals surface area contributed by atoms with Gasteiger partial charge in [-0.2, -0.15) is 0 Å². The lowest BCUT2D eigenvalue weighted by Gasteiger charge is -2.39. The van der Waals surface area contributed by atoms with Crippen molar-refractivity contribution >= 4 is 11.8 Å². The van der Waals surface area contributed by atoms with E-state index in [0.717, 1.165) is 16.7 Å². The molecule has 3 aromatic rings. The molecule has 190 valence electrons. The molecule has 0 saturated carbocycles. The van der Waals surface area contributed by atoms with Crippen molar-refractivity contribution in [3.63, 3.8) is 0 Å². The fourth-order valence-electron chi connectivity index (χ4n) is 4.42. The molecule has 0 spiro atoms. The molecular formula is C29H33FN2O4. The van der Waals surface area contributed by atoms with E-state index in [2.05, 4.69) is 0 Å². The number of halogens is 1. The predicted molar refractivity (Wildman–Crippen MR) is 135 cm³/mol. The molecule has 1 aliphatic rings. The van der Waals surface area contributed by atoms with Crippen LogP contribution in [0.3, 0.4) is 0 Å². The van der Waals surface area contributed by atoms with Crippen molar-refractivity contribution in [1.82, 2.24) is 9.80 Å². The van der Waals surface area contributed by atoms with Crippen molar-refractivity contribution in [2.24, 2.45) is 5.92 Å². The van der Waals surface area contributed by atoms with Crippen molar-refractivity contribution < 1.29 is 23.1 Å². The molecule has 2 heterocycles. The van der Waals surface area contributed by atoms with Crippen LogP contribution < -0.4 is 4.74 Å². The van der Waals surface area contributed by atoms with Crippen LogP contribution in [0.25, 0.3) is 0 Å². The van der Waals surface area contributed by atoms with Gasteiger partial charge in [-0.3, -0.25) is 9.59 Å². The Morgan fingerprint density at radius 3 is 2.58 bits per heavy atom. The SMILES string of the molecule is CC(C)C(=O)N1CCc2ccc(OCc3ccc(C(=O)N(C)C(C)C)o3)cc2C1c1cccc(F)c1. The summed E-state index contributed by atoms with van der Waals surface area (Å²) in [4.78, 5) is 29.0. The highest BCUT2D eigenvalue weighted by Crippen LogP contribution is 2.38. The van der Waals surface area contributed by atoms with E-state index in [9.17, 15) is 14.0 Å². The number of ether oxygens (including phenoxy) is 1. The number of fused-ring (bicyclic) bond motifs is 1. The van der Waals surface area contributed by atoms with E-state index in [1.807, 2.05) is 56.9 Å². The van der Waals surface area contributed by atoms with Crippen molar-refractivity contribution in [2.75, 3.05) is 13.6 Å². The molecule has 0 saturated heterocycles. The average molecular weight is 493 g/mol. The Balaban J connectivity index is 1.59.